The summed E-state index contributed by atoms with van der Waals surface area (Å²) in [6.45, 7) is 0. The molecule has 0 aromatic heterocycles. The molecule has 0 amide bonds. The zero-order chi connectivity index (χ0) is 5.41. The third-order valence-corrected chi connectivity index (χ3v) is 0. The molecule has 0 saturated heterocycles. The maximum Gasteiger partial charge on any atom is 3.00 e. The Balaban J connectivity index is -0.0000000160. The molecule has 0 saturated carbocycles. The number of rotatable bonds is 0. The van der Waals surface area contributed by atoms with Gasteiger partial charge in [0.1, 0.15) is 0 Å². The van der Waals surface area contributed by atoms with Crippen LogP contribution in [0, 0.1) is 7.43 Å². The molecule has 0 atom stereocenters. The standard InChI is InChI=1S/2C2H6N.CH3.Ti/c2*1-3-2;;/h2*1-2H3;1H3;/q3*-1;+3. The van der Waals surface area contributed by atoms with E-state index in [1.807, 2.05) is 0 Å². The normalized spacial score (nSPS) is 4.50. The molecule has 0 spiro atoms. The van der Waals surface area contributed by atoms with Gasteiger partial charge in [0, 0.05) is 0 Å². The van der Waals surface area contributed by atoms with Gasteiger partial charge in [-0.15, -0.1) is 0 Å². The summed E-state index contributed by atoms with van der Waals surface area (Å²) in [7, 11) is 7.00. The molecule has 0 aliphatic rings. The first-order valence-electron chi connectivity index (χ1n) is 1.79. The Morgan fingerprint density at radius 1 is 0.750 bits per heavy atom. The average molecular weight is 151 g/mol. The van der Waals surface area contributed by atoms with E-state index >= 15 is 0 Å². The van der Waals surface area contributed by atoms with Gasteiger partial charge in [-0.1, -0.05) is 0 Å². The number of nitrogens with zero attached hydrogens (tertiary/aromatic N) is 2. The topological polar surface area (TPSA) is 28.2 Å². The Labute approximate surface area is 68.3 Å². The monoisotopic (exact) mass is 151 g/mol. The first-order valence-corrected chi connectivity index (χ1v) is 1.79. The molecule has 2 nitrogen and oxygen atoms in total. The van der Waals surface area contributed by atoms with Gasteiger partial charge in [0.15, 0.2) is 0 Å². The molecule has 8 heavy (non-hydrogen) atoms. The minimum absolute atomic E-state index is 0. The fourth-order valence-corrected chi connectivity index (χ4v) is 0. The molecule has 3 heteroatoms. The largest absolute Gasteiger partial charge is 3.00 e. The van der Waals surface area contributed by atoms with Crippen LogP contribution in [-0.4, -0.2) is 28.2 Å². The van der Waals surface area contributed by atoms with Crippen LogP contribution in [0.1, 0.15) is 0 Å². The van der Waals surface area contributed by atoms with Crippen LogP contribution in [0.3, 0.4) is 0 Å². The second-order valence-electron chi connectivity index (χ2n) is 0.894. The van der Waals surface area contributed by atoms with Crippen molar-refractivity contribution < 1.29 is 21.7 Å². The van der Waals surface area contributed by atoms with Gasteiger partial charge >= 0.3 is 21.7 Å². The van der Waals surface area contributed by atoms with E-state index in [2.05, 4.69) is 10.6 Å². The molecule has 0 N–H and O–H groups in total. The van der Waals surface area contributed by atoms with Gasteiger partial charge in [0.25, 0.3) is 0 Å². The van der Waals surface area contributed by atoms with Crippen molar-refractivity contribution >= 4 is 0 Å². The van der Waals surface area contributed by atoms with E-state index in [1.54, 1.807) is 28.2 Å². The van der Waals surface area contributed by atoms with Crippen LogP contribution in [0.5, 0.6) is 0 Å². The van der Waals surface area contributed by atoms with Crippen LogP contribution in [0.4, 0.5) is 0 Å². The third-order valence-electron chi connectivity index (χ3n) is 0. The number of hydrogen-bond donors (Lipinski definition) is 0. The second kappa shape index (κ2) is 48.4. The zero-order valence-corrected chi connectivity index (χ0v) is 7.96. The van der Waals surface area contributed by atoms with Crippen molar-refractivity contribution in [2.24, 2.45) is 0 Å². The van der Waals surface area contributed by atoms with Crippen molar-refractivity contribution in [3.05, 3.63) is 18.1 Å². The predicted molar refractivity (Wildman–Crippen MR) is 36.8 cm³/mol. The Morgan fingerprint density at radius 3 is 0.750 bits per heavy atom. The predicted octanol–water partition coefficient (Wildman–Crippen LogP) is 1.69. The Kier molecular flexibility index (Phi) is 142. The molecule has 0 aliphatic heterocycles. The summed E-state index contributed by atoms with van der Waals surface area (Å²) < 4.78 is 0. The Bertz CT molecular complexity index is 12.4. The van der Waals surface area contributed by atoms with E-state index in [0.717, 1.165) is 0 Å². The quantitative estimate of drug-likeness (QED) is 0.372. The van der Waals surface area contributed by atoms with Crippen molar-refractivity contribution in [1.29, 1.82) is 0 Å². The maximum atomic E-state index is 3.50. The van der Waals surface area contributed by atoms with Crippen LogP contribution >= 0.6 is 0 Å². The van der Waals surface area contributed by atoms with E-state index in [1.165, 1.54) is 0 Å². The minimum atomic E-state index is 0. The number of hydrogen-bond acceptors (Lipinski definition) is 0. The van der Waals surface area contributed by atoms with Crippen LogP contribution in [-0.2, 0) is 21.7 Å². The molecular formula is C5H15N2Ti. The molecule has 0 aliphatic carbocycles. The van der Waals surface area contributed by atoms with Gasteiger partial charge in [-0.25, -0.2) is 0 Å². The smallest absolute Gasteiger partial charge is 0.668 e. The third kappa shape index (κ3) is 523. The summed E-state index contributed by atoms with van der Waals surface area (Å²) in [6, 6.07) is 0. The first-order chi connectivity index (χ1) is 2.83. The fraction of sp³-hybridized carbons (Fsp3) is 0.800. The Hall–Kier alpha value is 0.634. The van der Waals surface area contributed by atoms with E-state index in [9.17, 15) is 0 Å². The van der Waals surface area contributed by atoms with Crippen molar-refractivity contribution in [3.8, 4) is 0 Å². The van der Waals surface area contributed by atoms with Gasteiger partial charge in [0.2, 0.25) is 0 Å². The molecule has 0 bridgehead atoms. The zero-order valence-electron chi connectivity index (χ0n) is 6.39. The summed E-state index contributed by atoms with van der Waals surface area (Å²) in [4.78, 5) is 0. The fourth-order valence-electron chi connectivity index (χ4n) is 0. The molecule has 0 rings (SSSR count). The summed E-state index contributed by atoms with van der Waals surface area (Å²) in [5.74, 6) is 0. The maximum absolute atomic E-state index is 3.50. The second-order valence-corrected chi connectivity index (χ2v) is 0.894. The first kappa shape index (κ1) is 23.4. The minimum Gasteiger partial charge on any atom is -0.668 e. The molecule has 1 radical (unpaired) electrons. The van der Waals surface area contributed by atoms with Crippen LogP contribution in [0.15, 0.2) is 0 Å². The molecule has 0 unspecified atom stereocenters. The summed E-state index contributed by atoms with van der Waals surface area (Å²) in [6.07, 6.45) is 0. The van der Waals surface area contributed by atoms with Crippen molar-refractivity contribution in [2.75, 3.05) is 28.2 Å². The Morgan fingerprint density at radius 2 is 0.750 bits per heavy atom. The molecule has 49 valence electrons. The van der Waals surface area contributed by atoms with Crippen molar-refractivity contribution in [1.82, 2.24) is 0 Å². The van der Waals surface area contributed by atoms with Crippen LogP contribution in [0.2, 0.25) is 0 Å². The van der Waals surface area contributed by atoms with E-state index in [-0.39, 0.29) is 29.1 Å². The van der Waals surface area contributed by atoms with Crippen LogP contribution in [0.25, 0.3) is 10.6 Å². The molecule has 0 aromatic rings. The van der Waals surface area contributed by atoms with Crippen molar-refractivity contribution in [3.63, 3.8) is 0 Å². The molecular weight excluding hydrogens is 136 g/mol. The van der Waals surface area contributed by atoms with E-state index in [0.29, 0.717) is 0 Å². The molecule has 0 aromatic carbocycles. The van der Waals surface area contributed by atoms with E-state index < -0.39 is 0 Å². The van der Waals surface area contributed by atoms with Crippen LogP contribution < -0.4 is 0 Å². The van der Waals surface area contributed by atoms with Gasteiger partial charge in [0.05, 0.1) is 0 Å². The molecule has 0 heterocycles. The summed E-state index contributed by atoms with van der Waals surface area (Å²) in [5, 5.41) is 7.00. The summed E-state index contributed by atoms with van der Waals surface area (Å²) >= 11 is 0. The molecule has 0 fully saturated rings. The van der Waals surface area contributed by atoms with Gasteiger partial charge < -0.3 is 18.1 Å². The summed E-state index contributed by atoms with van der Waals surface area (Å²) in [5.41, 5.74) is 0. The van der Waals surface area contributed by atoms with Crippen molar-refractivity contribution in [2.45, 2.75) is 0 Å². The van der Waals surface area contributed by atoms with E-state index in [4.69, 9.17) is 0 Å². The van der Waals surface area contributed by atoms with Gasteiger partial charge in [-0.05, 0) is 0 Å². The SMILES string of the molecule is C[N-]C.C[N-]C.[CH3-].[Ti+3]. The average Bonchev–Trinajstić information content (AvgIpc) is 1.39. The van der Waals surface area contributed by atoms with Gasteiger partial charge in [-0.3, -0.25) is 0 Å². The van der Waals surface area contributed by atoms with Gasteiger partial charge in [-0.2, -0.15) is 28.2 Å².